The Morgan fingerprint density at radius 1 is 1.11 bits per heavy atom. The quantitative estimate of drug-likeness (QED) is 0.330. The van der Waals surface area contributed by atoms with Crippen molar-refractivity contribution in [2.24, 2.45) is 11.8 Å². The second-order valence-corrected chi connectivity index (χ2v) is 11.5. The van der Waals surface area contributed by atoms with Crippen LogP contribution in [-0.4, -0.2) is 78.5 Å². The lowest BCUT2D eigenvalue weighted by Gasteiger charge is -2.39. The van der Waals surface area contributed by atoms with Crippen molar-refractivity contribution in [3.63, 3.8) is 0 Å². The number of fused-ring (bicyclic) bond motifs is 1. The summed E-state index contributed by atoms with van der Waals surface area (Å²) < 4.78 is 0.957. The highest BCUT2D eigenvalue weighted by Crippen LogP contribution is 2.43. The molecule has 1 aromatic rings. The summed E-state index contributed by atoms with van der Waals surface area (Å²) in [7, 11) is 6.57. The van der Waals surface area contributed by atoms with Gasteiger partial charge in [-0.3, -0.25) is 14.4 Å². The molecule has 0 aromatic heterocycles. The molecule has 2 fully saturated rings. The van der Waals surface area contributed by atoms with Gasteiger partial charge >= 0.3 is 0 Å². The Balaban J connectivity index is 1.69. The molecule has 3 amide bonds. The molecule has 3 N–H and O–H groups in total. The monoisotopic (exact) mass is 487 g/mol. The van der Waals surface area contributed by atoms with Crippen molar-refractivity contribution in [3.8, 4) is 5.75 Å². The van der Waals surface area contributed by atoms with Crippen LogP contribution in [0.4, 0.5) is 0 Å². The van der Waals surface area contributed by atoms with Crippen LogP contribution in [-0.2, 0) is 14.4 Å². The van der Waals surface area contributed by atoms with Crippen molar-refractivity contribution in [2.75, 3.05) is 34.2 Å². The number of hydrogen-bond donors (Lipinski definition) is 3. The van der Waals surface area contributed by atoms with E-state index < -0.39 is 24.0 Å². The Hall–Kier alpha value is -2.61. The molecule has 8 nitrogen and oxygen atoms in total. The highest BCUT2D eigenvalue weighted by atomic mass is 16.3. The number of carbonyl (C=O) groups is 3. The number of amides is 3. The van der Waals surface area contributed by atoms with Crippen LogP contribution >= 0.6 is 0 Å². The number of unbranched alkanes of at least 4 members (excludes halogenated alkanes) is 3. The minimum Gasteiger partial charge on any atom is -0.508 e. The molecule has 8 heteroatoms. The topological polar surface area (TPSA) is 98.7 Å². The molecular weight excluding hydrogens is 444 g/mol. The maximum Gasteiger partial charge on any atom is 0.246 e. The predicted octanol–water partition coefficient (Wildman–Crippen LogP) is 2.58. The number of benzene rings is 1. The fourth-order valence-corrected chi connectivity index (χ4v) is 5.26. The normalized spacial score (nSPS) is 24.5. The molecule has 0 aliphatic carbocycles. The lowest BCUT2D eigenvalue weighted by Crippen LogP contribution is -2.61. The molecular formula is C27H43N4O4+. The molecule has 0 unspecified atom stereocenters. The second-order valence-electron chi connectivity index (χ2n) is 11.5. The molecule has 0 spiro atoms. The van der Waals surface area contributed by atoms with Crippen LogP contribution in [0.25, 0.3) is 0 Å². The molecule has 35 heavy (non-hydrogen) atoms. The lowest BCUT2D eigenvalue weighted by atomic mass is 9.92. The van der Waals surface area contributed by atoms with Gasteiger partial charge in [-0.2, -0.15) is 0 Å². The SMILES string of the molecule is CC(C)C[C@@H]1NC(=O)[C@H]2C[C@@H](C(=O)NCCCCCC[N+](C)(C)C)[C@@H](c3ccc(O)cc3)N2C1=O. The van der Waals surface area contributed by atoms with Gasteiger partial charge in [0.2, 0.25) is 17.7 Å². The summed E-state index contributed by atoms with van der Waals surface area (Å²) in [5, 5.41) is 15.7. The number of hydrogen-bond acceptors (Lipinski definition) is 4. The summed E-state index contributed by atoms with van der Waals surface area (Å²) in [4.78, 5) is 41.4. The Morgan fingerprint density at radius 2 is 1.77 bits per heavy atom. The summed E-state index contributed by atoms with van der Waals surface area (Å²) in [5.74, 6) is -0.590. The maximum atomic E-state index is 13.5. The van der Waals surface area contributed by atoms with Gasteiger partial charge in [0, 0.05) is 6.54 Å². The molecule has 2 aliphatic rings. The zero-order valence-corrected chi connectivity index (χ0v) is 21.9. The smallest absolute Gasteiger partial charge is 0.246 e. The largest absolute Gasteiger partial charge is 0.508 e. The van der Waals surface area contributed by atoms with E-state index >= 15 is 0 Å². The molecule has 2 aliphatic heterocycles. The first kappa shape index (κ1) is 27.0. The molecule has 0 radical (unpaired) electrons. The van der Waals surface area contributed by atoms with E-state index in [1.54, 1.807) is 29.2 Å². The van der Waals surface area contributed by atoms with Crippen LogP contribution in [0.3, 0.4) is 0 Å². The van der Waals surface area contributed by atoms with Crippen molar-refractivity contribution in [1.82, 2.24) is 15.5 Å². The Bertz CT molecular complexity index is 893. The summed E-state index contributed by atoms with van der Waals surface area (Å²) >= 11 is 0. The average molecular weight is 488 g/mol. The third kappa shape index (κ3) is 6.97. The van der Waals surface area contributed by atoms with E-state index in [0.717, 1.165) is 42.3 Å². The van der Waals surface area contributed by atoms with Crippen molar-refractivity contribution in [2.45, 2.75) is 70.5 Å². The first-order valence-electron chi connectivity index (χ1n) is 13.0. The Labute approximate surface area is 209 Å². The Morgan fingerprint density at radius 3 is 2.40 bits per heavy atom. The van der Waals surface area contributed by atoms with E-state index in [4.69, 9.17) is 0 Å². The van der Waals surface area contributed by atoms with Crippen LogP contribution < -0.4 is 10.6 Å². The number of carbonyl (C=O) groups excluding carboxylic acids is 3. The van der Waals surface area contributed by atoms with Crippen LogP contribution in [0.1, 0.15) is 64.0 Å². The molecule has 2 heterocycles. The number of quaternary nitrogens is 1. The highest BCUT2D eigenvalue weighted by molar-refractivity contribution is 5.99. The van der Waals surface area contributed by atoms with E-state index in [0.29, 0.717) is 19.4 Å². The van der Waals surface area contributed by atoms with Gasteiger partial charge in [-0.25, -0.2) is 0 Å². The zero-order valence-electron chi connectivity index (χ0n) is 21.9. The first-order valence-corrected chi connectivity index (χ1v) is 13.0. The third-order valence-corrected chi connectivity index (χ3v) is 7.00. The number of nitrogens with one attached hydrogen (secondary N) is 2. The Kier molecular flexibility index (Phi) is 8.80. The number of phenolic OH excluding ortho intramolecular Hbond substituents is 1. The molecule has 194 valence electrons. The third-order valence-electron chi connectivity index (χ3n) is 7.00. The van der Waals surface area contributed by atoms with Gasteiger partial charge in [-0.1, -0.05) is 32.4 Å². The van der Waals surface area contributed by atoms with Crippen LogP contribution in [0.15, 0.2) is 24.3 Å². The second kappa shape index (κ2) is 11.4. The van der Waals surface area contributed by atoms with Crippen molar-refractivity contribution in [1.29, 1.82) is 0 Å². The van der Waals surface area contributed by atoms with Gasteiger partial charge in [0.15, 0.2) is 0 Å². The molecule has 0 saturated carbocycles. The molecule has 0 bridgehead atoms. The van der Waals surface area contributed by atoms with Gasteiger partial charge in [0.05, 0.1) is 39.6 Å². The fourth-order valence-electron chi connectivity index (χ4n) is 5.26. The van der Waals surface area contributed by atoms with Gasteiger partial charge in [-0.15, -0.1) is 0 Å². The van der Waals surface area contributed by atoms with E-state index in [1.807, 2.05) is 13.8 Å². The van der Waals surface area contributed by atoms with Crippen LogP contribution in [0, 0.1) is 11.8 Å². The summed E-state index contributed by atoms with van der Waals surface area (Å²) in [6.45, 7) is 5.76. The number of piperazine rings is 1. The summed E-state index contributed by atoms with van der Waals surface area (Å²) in [6.07, 6.45) is 5.11. The van der Waals surface area contributed by atoms with Crippen LogP contribution in [0.2, 0.25) is 0 Å². The number of rotatable bonds is 11. The summed E-state index contributed by atoms with van der Waals surface area (Å²) in [5.41, 5.74) is 0.761. The molecule has 3 rings (SSSR count). The van der Waals surface area contributed by atoms with Crippen molar-refractivity contribution in [3.05, 3.63) is 29.8 Å². The minimum absolute atomic E-state index is 0.120. The number of phenols is 1. The molecule has 1 aromatic carbocycles. The molecule has 2 saturated heterocycles. The molecule has 4 atom stereocenters. The van der Waals surface area contributed by atoms with Crippen LogP contribution in [0.5, 0.6) is 5.75 Å². The summed E-state index contributed by atoms with van der Waals surface area (Å²) in [6, 6.07) is 4.85. The average Bonchev–Trinajstić information content (AvgIpc) is 3.17. The van der Waals surface area contributed by atoms with Gasteiger partial charge in [0.25, 0.3) is 0 Å². The van der Waals surface area contributed by atoms with Crippen molar-refractivity contribution < 1.29 is 24.0 Å². The van der Waals surface area contributed by atoms with Crippen molar-refractivity contribution >= 4 is 17.7 Å². The van der Waals surface area contributed by atoms with Gasteiger partial charge < -0.3 is 25.1 Å². The fraction of sp³-hybridized carbons (Fsp3) is 0.667. The van der Waals surface area contributed by atoms with E-state index in [2.05, 4.69) is 31.8 Å². The van der Waals surface area contributed by atoms with E-state index in [9.17, 15) is 19.5 Å². The number of nitrogens with zero attached hydrogens (tertiary/aromatic N) is 2. The first-order chi connectivity index (χ1) is 16.5. The predicted molar refractivity (Wildman–Crippen MR) is 135 cm³/mol. The van der Waals surface area contributed by atoms with Gasteiger partial charge in [-0.05, 0) is 55.7 Å². The van der Waals surface area contributed by atoms with E-state index in [-0.39, 0.29) is 29.4 Å². The van der Waals surface area contributed by atoms with E-state index in [1.165, 1.54) is 0 Å². The minimum atomic E-state index is -0.656. The lowest BCUT2D eigenvalue weighted by molar-refractivity contribution is -0.870. The standard InChI is InChI=1S/C27H42N4O4/c1-18(2)16-22-27(35)30-23(26(34)29-22)17-21(24(30)19-10-12-20(32)13-11-19)25(33)28-14-8-6-7-9-15-31(3,4)5/h10-13,18,21-24H,6-9,14-17H2,1-5H3,(H2-,28,29,32,33,34)/p+1/t21-,22+,23-,24-/m1/s1. The zero-order chi connectivity index (χ0) is 25.8. The maximum absolute atomic E-state index is 13.5. The van der Waals surface area contributed by atoms with Gasteiger partial charge in [0.1, 0.15) is 17.8 Å². The number of aromatic hydroxyl groups is 1. The highest BCUT2D eigenvalue weighted by Gasteiger charge is 2.54.